The van der Waals surface area contributed by atoms with Crippen molar-refractivity contribution < 1.29 is 22.7 Å². The normalized spacial score (nSPS) is 14.9. The van der Waals surface area contributed by atoms with E-state index in [9.17, 15) is 18.0 Å². The molecule has 0 heterocycles. The van der Waals surface area contributed by atoms with Gasteiger partial charge in [-0.15, -0.1) is 0 Å². The van der Waals surface area contributed by atoms with Crippen molar-refractivity contribution in [2.24, 2.45) is 0 Å². The largest absolute Gasteiger partial charge is 0.463 e. The maximum absolute atomic E-state index is 13.9. The number of halogens is 4. The molecule has 0 spiro atoms. The highest BCUT2D eigenvalue weighted by molar-refractivity contribution is 6.31. The minimum atomic E-state index is -1.44. The van der Waals surface area contributed by atoms with E-state index in [1.54, 1.807) is 6.92 Å². The summed E-state index contributed by atoms with van der Waals surface area (Å²) in [5.74, 6) is -4.43. The van der Waals surface area contributed by atoms with E-state index in [1.165, 1.54) is 6.20 Å². The summed E-state index contributed by atoms with van der Waals surface area (Å²) in [5.41, 5.74) is -0.0875. The van der Waals surface area contributed by atoms with Crippen LogP contribution in [0.5, 0.6) is 0 Å². The maximum atomic E-state index is 13.9. The highest BCUT2D eigenvalue weighted by Gasteiger charge is 2.23. The van der Waals surface area contributed by atoms with Crippen molar-refractivity contribution >= 4 is 17.6 Å². The van der Waals surface area contributed by atoms with Crippen LogP contribution in [0.1, 0.15) is 25.3 Å². The SMILES string of the molecule is CCOC(=O)C(=CNC1CC1)Cc1cc(F)c(F)c(Cl)c1F. The molecule has 0 aliphatic heterocycles. The molecule has 7 heteroatoms. The molecule has 22 heavy (non-hydrogen) atoms. The highest BCUT2D eigenvalue weighted by Crippen LogP contribution is 2.26. The third-order valence-corrected chi connectivity index (χ3v) is 3.50. The number of rotatable bonds is 6. The van der Waals surface area contributed by atoms with Gasteiger partial charge in [0.25, 0.3) is 0 Å². The molecule has 1 aliphatic rings. The summed E-state index contributed by atoms with van der Waals surface area (Å²) in [7, 11) is 0. The lowest BCUT2D eigenvalue weighted by molar-refractivity contribution is -0.138. The lowest BCUT2D eigenvalue weighted by Gasteiger charge is -2.10. The summed E-state index contributed by atoms with van der Waals surface area (Å²) in [4.78, 5) is 11.9. The Morgan fingerprint density at radius 1 is 1.41 bits per heavy atom. The molecule has 1 saturated carbocycles. The van der Waals surface area contributed by atoms with Crippen molar-refractivity contribution in [1.29, 1.82) is 0 Å². The molecule has 0 bridgehead atoms. The fourth-order valence-electron chi connectivity index (χ4n) is 1.83. The van der Waals surface area contributed by atoms with E-state index in [4.69, 9.17) is 16.3 Å². The third kappa shape index (κ3) is 3.94. The van der Waals surface area contributed by atoms with Gasteiger partial charge in [-0.05, 0) is 31.4 Å². The second kappa shape index (κ2) is 7.05. The summed E-state index contributed by atoms with van der Waals surface area (Å²) in [6.45, 7) is 1.79. The molecule has 0 unspecified atom stereocenters. The minimum Gasteiger partial charge on any atom is -0.463 e. The number of carbonyl (C=O) groups excluding carboxylic acids is 1. The van der Waals surface area contributed by atoms with Crippen LogP contribution in [0.4, 0.5) is 13.2 Å². The number of benzene rings is 1. The van der Waals surface area contributed by atoms with Gasteiger partial charge >= 0.3 is 5.97 Å². The number of hydrogen-bond acceptors (Lipinski definition) is 3. The fraction of sp³-hybridized carbons (Fsp3) is 0.400. The molecule has 1 fully saturated rings. The summed E-state index contributed by atoms with van der Waals surface area (Å²) in [6.07, 6.45) is 3.15. The van der Waals surface area contributed by atoms with E-state index in [0.29, 0.717) is 6.07 Å². The number of carbonyl (C=O) groups is 1. The average Bonchev–Trinajstić information content (AvgIpc) is 3.30. The van der Waals surface area contributed by atoms with Crippen LogP contribution in [0, 0.1) is 17.5 Å². The maximum Gasteiger partial charge on any atom is 0.335 e. The first-order valence-electron chi connectivity index (χ1n) is 6.88. The molecular weight excluding hydrogens is 319 g/mol. The first-order valence-corrected chi connectivity index (χ1v) is 7.25. The van der Waals surface area contributed by atoms with Crippen molar-refractivity contribution in [3.8, 4) is 0 Å². The van der Waals surface area contributed by atoms with Crippen molar-refractivity contribution in [2.45, 2.75) is 32.2 Å². The van der Waals surface area contributed by atoms with Crippen LogP contribution < -0.4 is 5.32 Å². The average molecular weight is 334 g/mol. The Balaban J connectivity index is 2.26. The molecule has 1 aliphatic carbocycles. The van der Waals surface area contributed by atoms with E-state index in [0.717, 1.165) is 12.8 Å². The number of esters is 1. The highest BCUT2D eigenvalue weighted by atomic mass is 35.5. The van der Waals surface area contributed by atoms with Crippen LogP contribution in [0.2, 0.25) is 5.02 Å². The van der Waals surface area contributed by atoms with Gasteiger partial charge in [0.15, 0.2) is 11.6 Å². The predicted molar refractivity (Wildman–Crippen MR) is 75.9 cm³/mol. The van der Waals surface area contributed by atoms with Gasteiger partial charge in [0.1, 0.15) is 10.8 Å². The lowest BCUT2D eigenvalue weighted by atomic mass is 10.0. The molecule has 0 aromatic heterocycles. The fourth-order valence-corrected chi connectivity index (χ4v) is 2.04. The van der Waals surface area contributed by atoms with E-state index in [1.807, 2.05) is 0 Å². The summed E-state index contributed by atoms with van der Waals surface area (Å²) in [6, 6.07) is 0.976. The van der Waals surface area contributed by atoms with E-state index >= 15 is 0 Å². The Bertz CT molecular complexity index is 615. The van der Waals surface area contributed by atoms with Gasteiger partial charge in [-0.2, -0.15) is 0 Å². The molecule has 2 rings (SSSR count). The Hall–Kier alpha value is -1.69. The first kappa shape index (κ1) is 16.7. The summed E-state index contributed by atoms with van der Waals surface area (Å²) < 4.78 is 45.4. The zero-order valence-corrected chi connectivity index (χ0v) is 12.6. The van der Waals surface area contributed by atoms with Crippen LogP contribution in [0.3, 0.4) is 0 Å². The molecular formula is C15H15ClF3NO2. The molecule has 3 nitrogen and oxygen atoms in total. The summed E-state index contributed by atoms with van der Waals surface area (Å²) in [5, 5.41) is 2.07. The van der Waals surface area contributed by atoms with E-state index in [2.05, 4.69) is 5.32 Å². The molecule has 0 radical (unpaired) electrons. The Labute approximate surface area is 131 Å². The van der Waals surface area contributed by atoms with E-state index < -0.39 is 28.4 Å². The Morgan fingerprint density at radius 2 is 2.09 bits per heavy atom. The monoisotopic (exact) mass is 333 g/mol. The van der Waals surface area contributed by atoms with Crippen molar-refractivity contribution in [3.63, 3.8) is 0 Å². The van der Waals surface area contributed by atoms with Crippen LogP contribution in [-0.4, -0.2) is 18.6 Å². The van der Waals surface area contributed by atoms with Crippen molar-refractivity contribution in [2.75, 3.05) is 6.61 Å². The molecule has 0 amide bonds. The zero-order valence-electron chi connectivity index (χ0n) is 11.9. The number of ether oxygens (including phenoxy) is 1. The minimum absolute atomic E-state index is 0.120. The molecule has 1 N–H and O–H groups in total. The number of nitrogens with one attached hydrogen (secondary N) is 1. The topological polar surface area (TPSA) is 38.3 Å². The van der Waals surface area contributed by atoms with Gasteiger partial charge in [0.2, 0.25) is 0 Å². The summed E-state index contributed by atoms with van der Waals surface area (Å²) >= 11 is 5.41. The molecule has 1 aromatic carbocycles. The number of hydrogen-bond donors (Lipinski definition) is 1. The van der Waals surface area contributed by atoms with Crippen LogP contribution >= 0.6 is 11.6 Å². The Morgan fingerprint density at radius 3 is 2.68 bits per heavy atom. The van der Waals surface area contributed by atoms with Gasteiger partial charge in [0, 0.05) is 18.7 Å². The van der Waals surface area contributed by atoms with Crippen molar-refractivity contribution in [3.05, 3.63) is 45.9 Å². The second-order valence-electron chi connectivity index (χ2n) is 4.97. The smallest absolute Gasteiger partial charge is 0.335 e. The molecule has 1 aromatic rings. The lowest BCUT2D eigenvalue weighted by Crippen LogP contribution is -2.16. The van der Waals surface area contributed by atoms with Gasteiger partial charge in [-0.3, -0.25) is 0 Å². The van der Waals surface area contributed by atoms with Crippen LogP contribution in [0.15, 0.2) is 17.8 Å². The standard InChI is InChI=1S/C15H15ClF3NO2/c1-2-22-15(21)9(7-20-10-3-4-10)5-8-6-11(17)14(19)12(16)13(8)18/h6-7,10,20H,2-5H2,1H3. The molecule has 0 saturated heterocycles. The predicted octanol–water partition coefficient (Wildman–Crippen LogP) is 3.50. The third-order valence-electron chi connectivity index (χ3n) is 3.17. The zero-order chi connectivity index (χ0) is 16.3. The molecule has 120 valence electrons. The van der Waals surface area contributed by atoms with Gasteiger partial charge in [0.05, 0.1) is 12.2 Å². The first-order chi connectivity index (χ1) is 10.4. The second-order valence-corrected chi connectivity index (χ2v) is 5.35. The van der Waals surface area contributed by atoms with Gasteiger partial charge in [-0.25, -0.2) is 18.0 Å². The van der Waals surface area contributed by atoms with Crippen LogP contribution in [-0.2, 0) is 16.0 Å². The Kier molecular flexibility index (Phi) is 5.34. The van der Waals surface area contributed by atoms with Gasteiger partial charge in [-0.1, -0.05) is 11.6 Å². The van der Waals surface area contributed by atoms with E-state index in [-0.39, 0.29) is 30.2 Å². The van der Waals surface area contributed by atoms with Crippen LogP contribution in [0.25, 0.3) is 0 Å². The van der Waals surface area contributed by atoms with Crippen molar-refractivity contribution in [1.82, 2.24) is 5.32 Å². The molecule has 0 atom stereocenters. The van der Waals surface area contributed by atoms with Gasteiger partial charge < -0.3 is 10.1 Å². The quantitative estimate of drug-likeness (QED) is 0.375.